The fourth-order valence-electron chi connectivity index (χ4n) is 0.152. The van der Waals surface area contributed by atoms with Crippen LogP contribution in [0.2, 0.25) is 0 Å². The highest BCUT2D eigenvalue weighted by molar-refractivity contribution is 5.65. The van der Waals surface area contributed by atoms with E-state index in [1.807, 2.05) is 0 Å². The molecule has 0 bridgehead atoms. The van der Waals surface area contributed by atoms with Crippen LogP contribution in [-0.4, -0.2) is 6.29 Å². The van der Waals surface area contributed by atoms with Crippen LogP contribution in [0.4, 0.5) is 4.39 Å². The third-order valence-electron chi connectivity index (χ3n) is 0.374. The minimum atomic E-state index is 0.361. The summed E-state index contributed by atoms with van der Waals surface area (Å²) in [6.45, 7) is 0. The fraction of sp³-hybridized carbons (Fsp3) is 0. The summed E-state index contributed by atoms with van der Waals surface area (Å²) in [5.41, 5.74) is 0. The van der Waals surface area contributed by atoms with Gasteiger partial charge >= 0.3 is 0 Å². The first-order chi connectivity index (χ1) is 3.41. The van der Waals surface area contributed by atoms with Crippen molar-refractivity contribution in [1.29, 1.82) is 0 Å². The molecule has 0 N–H and O–H groups in total. The summed E-state index contributed by atoms with van der Waals surface area (Å²) in [4.78, 5) is 9.44. The topological polar surface area (TPSA) is 17.1 Å². The summed E-state index contributed by atoms with van der Waals surface area (Å²) in [5, 5.41) is 0. The highest BCUT2D eigenvalue weighted by Crippen LogP contribution is 1.73. The number of carbonyl (C=O) groups excluding carboxylic acids is 1. The molecule has 0 saturated carbocycles. The zero-order valence-electron chi connectivity index (χ0n) is 3.67. The second-order valence-corrected chi connectivity index (χ2v) is 0.839. The molecule has 0 aliphatic rings. The standard InChI is InChI=1S/C5H5FO/c6-4-2-1-3-5-7/h1-5H/b3-1+,4-2+. The molecule has 0 spiro atoms. The first-order valence-electron chi connectivity index (χ1n) is 1.79. The lowest BCUT2D eigenvalue weighted by Crippen LogP contribution is -1.53. The van der Waals surface area contributed by atoms with Gasteiger partial charge in [0.25, 0.3) is 0 Å². The third-order valence-corrected chi connectivity index (χ3v) is 0.374. The van der Waals surface area contributed by atoms with Crippen molar-refractivity contribution in [1.82, 2.24) is 0 Å². The van der Waals surface area contributed by atoms with Crippen LogP contribution in [0.5, 0.6) is 0 Å². The monoisotopic (exact) mass is 100 g/mol. The van der Waals surface area contributed by atoms with Gasteiger partial charge in [0, 0.05) is 0 Å². The van der Waals surface area contributed by atoms with Gasteiger partial charge in [-0.25, -0.2) is 4.39 Å². The Morgan fingerprint density at radius 2 is 1.86 bits per heavy atom. The molecule has 0 rings (SSSR count). The van der Waals surface area contributed by atoms with Crippen LogP contribution in [0.25, 0.3) is 0 Å². The molecule has 7 heavy (non-hydrogen) atoms. The van der Waals surface area contributed by atoms with Gasteiger partial charge in [-0.2, -0.15) is 0 Å². The van der Waals surface area contributed by atoms with E-state index in [4.69, 9.17) is 0 Å². The molecule has 0 saturated heterocycles. The van der Waals surface area contributed by atoms with Crippen LogP contribution in [0, 0.1) is 0 Å². The Kier molecular flexibility index (Phi) is 4.41. The van der Waals surface area contributed by atoms with Crippen molar-refractivity contribution in [3.63, 3.8) is 0 Å². The number of aldehydes is 1. The Labute approximate surface area is 41.1 Å². The van der Waals surface area contributed by atoms with E-state index in [1.54, 1.807) is 0 Å². The summed E-state index contributed by atoms with van der Waals surface area (Å²) in [6.07, 6.45) is 4.59. The van der Waals surface area contributed by atoms with Gasteiger partial charge in [-0.15, -0.1) is 0 Å². The maximum atomic E-state index is 11.0. The third kappa shape index (κ3) is 5.08. The van der Waals surface area contributed by atoms with Crippen LogP contribution in [0.1, 0.15) is 0 Å². The van der Waals surface area contributed by atoms with E-state index < -0.39 is 0 Å². The van der Waals surface area contributed by atoms with Gasteiger partial charge in [0.05, 0.1) is 6.33 Å². The normalized spacial score (nSPS) is 11.0. The van der Waals surface area contributed by atoms with Crippen molar-refractivity contribution in [3.8, 4) is 0 Å². The average Bonchev–Trinajstić information content (AvgIpc) is 1.69. The maximum Gasteiger partial charge on any atom is 0.142 e. The van der Waals surface area contributed by atoms with Crippen molar-refractivity contribution in [2.75, 3.05) is 0 Å². The van der Waals surface area contributed by atoms with Crippen molar-refractivity contribution in [3.05, 3.63) is 24.6 Å². The molecule has 0 aliphatic carbocycles. The molecule has 0 amide bonds. The largest absolute Gasteiger partial charge is 0.299 e. The minimum absolute atomic E-state index is 0.361. The van der Waals surface area contributed by atoms with Crippen molar-refractivity contribution >= 4 is 6.29 Å². The maximum absolute atomic E-state index is 11.0. The summed E-state index contributed by atoms with van der Waals surface area (Å²) in [7, 11) is 0. The Hall–Kier alpha value is -0.920. The van der Waals surface area contributed by atoms with E-state index in [1.165, 1.54) is 12.2 Å². The Morgan fingerprint density at radius 1 is 1.14 bits per heavy atom. The summed E-state index contributed by atoms with van der Waals surface area (Å²) in [6, 6.07) is 0. The van der Waals surface area contributed by atoms with E-state index in [2.05, 4.69) is 0 Å². The molecule has 0 unspecified atom stereocenters. The lowest BCUT2D eigenvalue weighted by Gasteiger charge is -1.60. The van der Waals surface area contributed by atoms with Crippen molar-refractivity contribution in [2.45, 2.75) is 0 Å². The fourth-order valence-corrected chi connectivity index (χ4v) is 0.152. The van der Waals surface area contributed by atoms with Crippen LogP contribution >= 0.6 is 0 Å². The summed E-state index contributed by atoms with van der Waals surface area (Å²) < 4.78 is 11.0. The van der Waals surface area contributed by atoms with E-state index in [-0.39, 0.29) is 0 Å². The van der Waals surface area contributed by atoms with Gasteiger partial charge < -0.3 is 0 Å². The SMILES string of the molecule is O=C/C=C/C=C/F. The molecule has 2 heteroatoms. The van der Waals surface area contributed by atoms with E-state index in [9.17, 15) is 9.18 Å². The lowest BCUT2D eigenvalue weighted by atomic mass is 10.5. The molecular formula is C5H5FO. The zero-order chi connectivity index (χ0) is 5.54. The Morgan fingerprint density at radius 3 is 2.29 bits per heavy atom. The second-order valence-electron chi connectivity index (χ2n) is 0.839. The van der Waals surface area contributed by atoms with Crippen LogP contribution in [0.3, 0.4) is 0 Å². The Bertz CT molecular complexity index is 94.3. The molecular weight excluding hydrogens is 95.1 g/mol. The summed E-state index contributed by atoms with van der Waals surface area (Å²) >= 11 is 0. The van der Waals surface area contributed by atoms with Crippen LogP contribution in [0.15, 0.2) is 24.6 Å². The van der Waals surface area contributed by atoms with Crippen molar-refractivity contribution < 1.29 is 9.18 Å². The molecule has 1 nitrogen and oxygen atoms in total. The van der Waals surface area contributed by atoms with Gasteiger partial charge in [-0.3, -0.25) is 4.79 Å². The minimum Gasteiger partial charge on any atom is -0.299 e. The van der Waals surface area contributed by atoms with Gasteiger partial charge in [0.15, 0.2) is 0 Å². The molecule has 0 aromatic heterocycles. The average molecular weight is 100 g/mol. The number of hydrogen-bond acceptors (Lipinski definition) is 1. The quantitative estimate of drug-likeness (QED) is 0.289. The number of halogens is 1. The molecule has 0 fully saturated rings. The molecule has 0 aromatic rings. The predicted octanol–water partition coefficient (Wildman–Crippen LogP) is 1.22. The molecule has 38 valence electrons. The first-order valence-corrected chi connectivity index (χ1v) is 1.79. The predicted molar refractivity (Wildman–Crippen MR) is 25.5 cm³/mol. The molecule has 0 atom stereocenters. The van der Waals surface area contributed by atoms with Crippen molar-refractivity contribution in [2.24, 2.45) is 0 Å². The molecule has 0 heterocycles. The van der Waals surface area contributed by atoms with Crippen LogP contribution < -0.4 is 0 Å². The number of carbonyl (C=O) groups is 1. The highest BCUT2D eigenvalue weighted by Gasteiger charge is 1.57. The second kappa shape index (κ2) is 5.08. The van der Waals surface area contributed by atoms with Gasteiger partial charge in [-0.1, -0.05) is 6.08 Å². The summed E-state index contributed by atoms with van der Waals surface area (Å²) in [5.74, 6) is 0. The lowest BCUT2D eigenvalue weighted by molar-refractivity contribution is -0.104. The van der Waals surface area contributed by atoms with Gasteiger partial charge in [0.1, 0.15) is 6.29 Å². The van der Waals surface area contributed by atoms with Gasteiger partial charge in [-0.05, 0) is 12.2 Å². The molecule has 0 radical (unpaired) electrons. The Balaban J connectivity index is 3.27. The molecule has 0 aliphatic heterocycles. The smallest absolute Gasteiger partial charge is 0.142 e. The highest BCUT2D eigenvalue weighted by atomic mass is 19.1. The zero-order valence-corrected chi connectivity index (χ0v) is 3.67. The number of allylic oxidation sites excluding steroid dienone is 3. The first kappa shape index (κ1) is 6.08. The molecule has 0 aromatic carbocycles. The van der Waals surface area contributed by atoms with E-state index >= 15 is 0 Å². The van der Waals surface area contributed by atoms with E-state index in [0.29, 0.717) is 12.6 Å². The van der Waals surface area contributed by atoms with E-state index in [0.717, 1.165) is 6.08 Å². The van der Waals surface area contributed by atoms with Gasteiger partial charge in [0.2, 0.25) is 0 Å². The number of hydrogen-bond donors (Lipinski definition) is 0. The van der Waals surface area contributed by atoms with Crippen LogP contribution in [-0.2, 0) is 4.79 Å². The number of rotatable bonds is 2.